The maximum Gasteiger partial charge on any atom is 0.160 e. The topological polar surface area (TPSA) is 58.9 Å². The SMILES string of the molecule is Cl.Clc1ccc(-c2c3ncnc(N4CC5CC4CN5)c3nn2-c2ccccc2Cl)cc1. The molecule has 2 aromatic carbocycles. The summed E-state index contributed by atoms with van der Waals surface area (Å²) in [5.41, 5.74) is 4.24. The molecule has 2 unspecified atom stereocenters. The van der Waals surface area contributed by atoms with Crippen LogP contribution >= 0.6 is 35.6 Å². The molecule has 4 heterocycles. The summed E-state index contributed by atoms with van der Waals surface area (Å²) in [7, 11) is 0. The molecule has 2 saturated heterocycles. The average Bonchev–Trinajstić information content (AvgIpc) is 3.48. The lowest BCUT2D eigenvalue weighted by Crippen LogP contribution is -2.44. The third kappa shape index (κ3) is 3.34. The van der Waals surface area contributed by atoms with Gasteiger partial charge in [-0.3, -0.25) is 0 Å². The monoisotopic (exact) mass is 472 g/mol. The molecule has 2 atom stereocenters. The van der Waals surface area contributed by atoms with Gasteiger partial charge in [-0.1, -0.05) is 47.5 Å². The zero-order valence-electron chi connectivity index (χ0n) is 16.4. The second-order valence-electron chi connectivity index (χ2n) is 7.76. The van der Waals surface area contributed by atoms with Crippen molar-refractivity contribution in [3.8, 4) is 16.9 Å². The quantitative estimate of drug-likeness (QED) is 0.465. The summed E-state index contributed by atoms with van der Waals surface area (Å²) in [5, 5.41) is 9.83. The normalized spacial score (nSPS) is 19.7. The molecule has 0 aliphatic carbocycles. The van der Waals surface area contributed by atoms with Gasteiger partial charge in [0.15, 0.2) is 11.3 Å². The van der Waals surface area contributed by atoms with Crippen molar-refractivity contribution in [2.75, 3.05) is 18.0 Å². The maximum absolute atomic E-state index is 6.55. The van der Waals surface area contributed by atoms with Crippen molar-refractivity contribution >= 4 is 52.5 Å². The van der Waals surface area contributed by atoms with Gasteiger partial charge in [0, 0.05) is 35.8 Å². The van der Waals surface area contributed by atoms with Crippen LogP contribution in [0.25, 0.3) is 28.0 Å². The molecule has 158 valence electrons. The molecule has 0 amide bonds. The maximum atomic E-state index is 6.55. The number of aromatic nitrogens is 4. The summed E-state index contributed by atoms with van der Waals surface area (Å²) in [5.74, 6) is 0.884. The summed E-state index contributed by atoms with van der Waals surface area (Å²) in [6, 6.07) is 16.4. The van der Waals surface area contributed by atoms with Gasteiger partial charge >= 0.3 is 0 Å². The Balaban J connectivity index is 0.00000204. The average molecular weight is 474 g/mol. The summed E-state index contributed by atoms with van der Waals surface area (Å²) >= 11 is 12.7. The van der Waals surface area contributed by atoms with Crippen LogP contribution in [0.2, 0.25) is 10.0 Å². The molecule has 0 spiro atoms. The van der Waals surface area contributed by atoms with Gasteiger partial charge in [-0.05, 0) is 30.7 Å². The number of nitrogens with zero attached hydrogens (tertiary/aromatic N) is 5. The predicted molar refractivity (Wildman–Crippen MR) is 127 cm³/mol. The van der Waals surface area contributed by atoms with Gasteiger partial charge in [0.05, 0.1) is 10.7 Å². The lowest BCUT2D eigenvalue weighted by atomic mass is 10.1. The molecule has 4 aromatic rings. The van der Waals surface area contributed by atoms with E-state index in [2.05, 4.69) is 20.2 Å². The molecule has 0 saturated carbocycles. The summed E-state index contributed by atoms with van der Waals surface area (Å²) in [6.07, 6.45) is 2.77. The molecule has 2 aromatic heterocycles. The number of anilines is 1. The van der Waals surface area contributed by atoms with E-state index in [9.17, 15) is 0 Å². The first-order chi connectivity index (χ1) is 14.7. The van der Waals surface area contributed by atoms with E-state index >= 15 is 0 Å². The minimum absolute atomic E-state index is 0. The first-order valence-corrected chi connectivity index (χ1v) is 10.7. The van der Waals surface area contributed by atoms with E-state index in [0.29, 0.717) is 22.1 Å². The molecule has 9 heteroatoms. The van der Waals surface area contributed by atoms with Crippen LogP contribution in [0, 0.1) is 0 Å². The van der Waals surface area contributed by atoms with Crippen LogP contribution in [0.3, 0.4) is 0 Å². The van der Waals surface area contributed by atoms with Gasteiger partial charge in [-0.25, -0.2) is 14.6 Å². The summed E-state index contributed by atoms with van der Waals surface area (Å²) in [6.45, 7) is 1.91. The Morgan fingerprint density at radius 3 is 2.48 bits per heavy atom. The standard InChI is InChI=1S/C22H18Cl2N6.ClH/c23-14-7-5-13(6-8-14)21-19-20(28-30(21)18-4-2-1-3-17(18)24)22(27-12-26-19)29-11-15-9-16(29)10-25-15;/h1-8,12,15-16,25H,9-11H2;1H. The Kier molecular flexibility index (Phi) is 5.26. The molecule has 0 radical (unpaired) electrons. The number of para-hydroxylation sites is 1. The molecule has 31 heavy (non-hydrogen) atoms. The smallest absolute Gasteiger partial charge is 0.160 e. The van der Waals surface area contributed by atoms with Crippen LogP contribution in [0.4, 0.5) is 5.82 Å². The van der Waals surface area contributed by atoms with Crippen molar-refractivity contribution in [2.45, 2.75) is 18.5 Å². The summed E-state index contributed by atoms with van der Waals surface area (Å²) in [4.78, 5) is 11.6. The third-order valence-corrected chi connectivity index (χ3v) is 6.54. The van der Waals surface area contributed by atoms with E-state index < -0.39 is 0 Å². The molecule has 2 aliphatic heterocycles. The molecule has 2 aliphatic rings. The minimum Gasteiger partial charge on any atom is -0.349 e. The third-order valence-electron chi connectivity index (χ3n) is 5.97. The van der Waals surface area contributed by atoms with E-state index in [1.54, 1.807) is 6.33 Å². The first kappa shape index (κ1) is 20.5. The highest BCUT2D eigenvalue weighted by molar-refractivity contribution is 6.32. The molecule has 6 rings (SSSR count). The second-order valence-corrected chi connectivity index (χ2v) is 8.60. The number of fused-ring (bicyclic) bond motifs is 3. The van der Waals surface area contributed by atoms with E-state index in [-0.39, 0.29) is 12.4 Å². The zero-order chi connectivity index (χ0) is 20.2. The number of halogens is 3. The lowest BCUT2D eigenvalue weighted by Gasteiger charge is -2.28. The Labute approximate surface area is 195 Å². The number of nitrogens with one attached hydrogen (secondary N) is 1. The van der Waals surface area contributed by atoms with E-state index in [4.69, 9.17) is 28.3 Å². The fourth-order valence-electron chi connectivity index (χ4n) is 4.58. The van der Waals surface area contributed by atoms with Crippen LogP contribution in [0.15, 0.2) is 54.9 Å². The minimum atomic E-state index is 0. The van der Waals surface area contributed by atoms with Crippen LogP contribution in [-0.2, 0) is 0 Å². The number of hydrogen-bond acceptors (Lipinski definition) is 5. The molecule has 2 fully saturated rings. The number of piperazine rings is 1. The highest BCUT2D eigenvalue weighted by atomic mass is 35.5. The van der Waals surface area contributed by atoms with Crippen molar-refractivity contribution in [2.24, 2.45) is 0 Å². The van der Waals surface area contributed by atoms with Gasteiger partial charge in [0.2, 0.25) is 0 Å². The molecule has 2 bridgehead atoms. The highest BCUT2D eigenvalue weighted by Crippen LogP contribution is 2.37. The van der Waals surface area contributed by atoms with Crippen molar-refractivity contribution in [1.29, 1.82) is 0 Å². The van der Waals surface area contributed by atoms with Crippen molar-refractivity contribution < 1.29 is 0 Å². The van der Waals surface area contributed by atoms with Crippen molar-refractivity contribution in [3.05, 3.63) is 64.9 Å². The van der Waals surface area contributed by atoms with E-state index in [1.165, 1.54) is 0 Å². The van der Waals surface area contributed by atoms with E-state index in [0.717, 1.165) is 53.3 Å². The van der Waals surface area contributed by atoms with Gasteiger partial charge in [-0.15, -0.1) is 12.4 Å². The Morgan fingerprint density at radius 1 is 0.968 bits per heavy atom. The van der Waals surface area contributed by atoms with Gasteiger partial charge in [0.25, 0.3) is 0 Å². The molecular formula is C22H19Cl3N6. The van der Waals surface area contributed by atoms with Crippen LogP contribution in [0.1, 0.15) is 6.42 Å². The Hall–Kier alpha value is -2.38. The number of rotatable bonds is 3. The Bertz CT molecular complexity index is 1260. The fourth-order valence-corrected chi connectivity index (χ4v) is 4.92. The fraction of sp³-hybridized carbons (Fsp3) is 0.227. The van der Waals surface area contributed by atoms with Crippen LogP contribution in [0.5, 0.6) is 0 Å². The summed E-state index contributed by atoms with van der Waals surface area (Å²) < 4.78 is 1.88. The van der Waals surface area contributed by atoms with Gasteiger partial charge in [0.1, 0.15) is 17.5 Å². The number of benzene rings is 2. The largest absolute Gasteiger partial charge is 0.349 e. The molecule has 1 N–H and O–H groups in total. The lowest BCUT2D eigenvalue weighted by molar-refractivity contribution is 0.577. The van der Waals surface area contributed by atoms with E-state index in [1.807, 2.05) is 53.2 Å². The van der Waals surface area contributed by atoms with Crippen LogP contribution in [-0.4, -0.2) is 44.9 Å². The predicted octanol–water partition coefficient (Wildman–Crippen LogP) is 4.76. The first-order valence-electron chi connectivity index (χ1n) is 9.93. The zero-order valence-corrected chi connectivity index (χ0v) is 18.7. The van der Waals surface area contributed by atoms with Crippen molar-refractivity contribution in [3.63, 3.8) is 0 Å². The van der Waals surface area contributed by atoms with Crippen molar-refractivity contribution in [1.82, 2.24) is 25.1 Å². The Morgan fingerprint density at radius 2 is 1.77 bits per heavy atom. The van der Waals surface area contributed by atoms with Gasteiger partial charge in [-0.2, -0.15) is 5.10 Å². The molecule has 6 nitrogen and oxygen atoms in total. The highest BCUT2D eigenvalue weighted by Gasteiger charge is 2.39. The molecular weight excluding hydrogens is 455 g/mol. The second kappa shape index (κ2) is 7.95. The van der Waals surface area contributed by atoms with Crippen LogP contribution < -0.4 is 10.2 Å². The number of hydrogen-bond donors (Lipinski definition) is 1. The van der Waals surface area contributed by atoms with Gasteiger partial charge < -0.3 is 10.2 Å².